The summed E-state index contributed by atoms with van der Waals surface area (Å²) in [7, 11) is -3.53. The van der Waals surface area contributed by atoms with E-state index >= 15 is 0 Å². The van der Waals surface area contributed by atoms with E-state index in [-0.39, 0.29) is 22.6 Å². The number of rotatable bonds is 4. The molecule has 164 valence electrons. The second-order valence-corrected chi connectivity index (χ2v) is 11.0. The zero-order valence-corrected chi connectivity index (χ0v) is 18.9. The number of hydrogen-bond acceptors (Lipinski definition) is 5. The van der Waals surface area contributed by atoms with Crippen molar-refractivity contribution in [2.24, 2.45) is 11.8 Å². The molecular weight excluding hydrogens is 428 g/mol. The molecule has 0 aromatic heterocycles. The van der Waals surface area contributed by atoms with Gasteiger partial charge in [-0.05, 0) is 51.5 Å². The standard InChI is InChI=1S/C21H27ClN2O5S/c1-21(2,3)29-20(26)23-10-8-16(14-23)19(25)24-12-15(13-24)9-11-30(27,28)18-6-4-17(22)5-7-18/h4-7,9,11,15-16H,8,10,12-14H2,1-3H3/b11-9+. The lowest BCUT2D eigenvalue weighted by molar-refractivity contribution is -0.140. The number of sulfone groups is 1. The van der Waals surface area contributed by atoms with Gasteiger partial charge in [0.25, 0.3) is 0 Å². The molecule has 2 heterocycles. The lowest BCUT2D eigenvalue weighted by atomic mass is 9.97. The second-order valence-electron chi connectivity index (χ2n) is 8.74. The maximum atomic E-state index is 12.7. The zero-order chi connectivity index (χ0) is 22.1. The molecule has 0 saturated carbocycles. The van der Waals surface area contributed by atoms with Crippen LogP contribution in [0.4, 0.5) is 4.79 Å². The number of nitrogens with zero attached hydrogens (tertiary/aromatic N) is 2. The molecule has 2 saturated heterocycles. The molecule has 1 aromatic rings. The highest BCUT2D eigenvalue weighted by molar-refractivity contribution is 7.94. The van der Waals surface area contributed by atoms with Crippen molar-refractivity contribution in [1.29, 1.82) is 0 Å². The van der Waals surface area contributed by atoms with Crippen LogP contribution in [0.1, 0.15) is 27.2 Å². The number of hydrogen-bond donors (Lipinski definition) is 0. The molecule has 2 aliphatic rings. The Kier molecular flexibility index (Phi) is 6.48. The lowest BCUT2D eigenvalue weighted by Gasteiger charge is -2.39. The summed E-state index contributed by atoms with van der Waals surface area (Å²) in [6, 6.07) is 6.01. The van der Waals surface area contributed by atoms with E-state index in [9.17, 15) is 18.0 Å². The van der Waals surface area contributed by atoms with Crippen LogP contribution < -0.4 is 0 Å². The molecule has 1 aromatic carbocycles. The first-order chi connectivity index (χ1) is 13.9. The van der Waals surface area contributed by atoms with E-state index < -0.39 is 21.5 Å². The molecule has 2 aliphatic heterocycles. The number of carbonyl (C=O) groups is 2. The molecule has 3 rings (SSSR count). The van der Waals surface area contributed by atoms with Gasteiger partial charge in [0.1, 0.15) is 5.60 Å². The van der Waals surface area contributed by atoms with Gasteiger partial charge in [0, 0.05) is 42.5 Å². The number of benzene rings is 1. The van der Waals surface area contributed by atoms with Gasteiger partial charge in [0.15, 0.2) is 9.84 Å². The predicted molar refractivity (Wildman–Crippen MR) is 114 cm³/mol. The minimum atomic E-state index is -3.53. The summed E-state index contributed by atoms with van der Waals surface area (Å²) in [5.74, 6) is -0.231. The smallest absolute Gasteiger partial charge is 0.410 e. The van der Waals surface area contributed by atoms with Gasteiger partial charge in [0.2, 0.25) is 5.91 Å². The molecule has 0 bridgehead atoms. The topological polar surface area (TPSA) is 84.0 Å². The van der Waals surface area contributed by atoms with E-state index in [4.69, 9.17) is 16.3 Å². The second kappa shape index (κ2) is 8.59. The molecule has 0 N–H and O–H groups in total. The fraction of sp³-hybridized carbons (Fsp3) is 0.524. The first kappa shape index (κ1) is 22.6. The maximum absolute atomic E-state index is 12.7. The van der Waals surface area contributed by atoms with Crippen LogP contribution >= 0.6 is 11.6 Å². The van der Waals surface area contributed by atoms with E-state index in [1.807, 2.05) is 20.8 Å². The molecule has 0 radical (unpaired) electrons. The maximum Gasteiger partial charge on any atom is 0.410 e. The summed E-state index contributed by atoms with van der Waals surface area (Å²) in [5, 5.41) is 1.67. The van der Waals surface area contributed by atoms with Crippen LogP contribution in [0.2, 0.25) is 5.02 Å². The van der Waals surface area contributed by atoms with Crippen molar-refractivity contribution < 1.29 is 22.7 Å². The summed E-state index contributed by atoms with van der Waals surface area (Å²) in [4.78, 5) is 28.3. The van der Waals surface area contributed by atoms with Gasteiger partial charge >= 0.3 is 6.09 Å². The SMILES string of the molecule is CC(C)(C)OC(=O)N1CCC(C(=O)N2CC(/C=C/S(=O)(=O)c3ccc(Cl)cc3)C2)C1. The summed E-state index contributed by atoms with van der Waals surface area (Å²) >= 11 is 5.80. The van der Waals surface area contributed by atoms with E-state index in [1.54, 1.807) is 15.9 Å². The summed E-state index contributed by atoms with van der Waals surface area (Å²) in [6.07, 6.45) is 1.85. The summed E-state index contributed by atoms with van der Waals surface area (Å²) in [6.45, 7) is 7.25. The van der Waals surface area contributed by atoms with Crippen molar-refractivity contribution in [2.45, 2.75) is 37.7 Å². The first-order valence-electron chi connectivity index (χ1n) is 9.90. The van der Waals surface area contributed by atoms with Crippen molar-refractivity contribution in [2.75, 3.05) is 26.2 Å². The van der Waals surface area contributed by atoms with Gasteiger partial charge in [0.05, 0.1) is 10.8 Å². The third-order valence-corrected chi connectivity index (χ3v) is 6.78. The minimum Gasteiger partial charge on any atom is -0.444 e. The van der Waals surface area contributed by atoms with Gasteiger partial charge in [-0.3, -0.25) is 4.79 Å². The quantitative estimate of drug-likeness (QED) is 0.696. The highest BCUT2D eigenvalue weighted by atomic mass is 35.5. The molecule has 7 nitrogen and oxygen atoms in total. The van der Waals surface area contributed by atoms with E-state index in [1.165, 1.54) is 29.7 Å². The molecule has 0 spiro atoms. The number of likely N-dealkylation sites (tertiary alicyclic amines) is 2. The largest absolute Gasteiger partial charge is 0.444 e. The van der Waals surface area contributed by atoms with Gasteiger partial charge in [-0.2, -0.15) is 0 Å². The average molecular weight is 455 g/mol. The number of halogens is 1. The van der Waals surface area contributed by atoms with Crippen LogP contribution in [-0.4, -0.2) is 62.0 Å². The Morgan fingerprint density at radius 1 is 1.10 bits per heavy atom. The molecule has 1 atom stereocenters. The van der Waals surface area contributed by atoms with Gasteiger partial charge < -0.3 is 14.5 Å². The van der Waals surface area contributed by atoms with Crippen molar-refractivity contribution in [1.82, 2.24) is 9.80 Å². The molecular formula is C21H27ClN2O5S. The van der Waals surface area contributed by atoms with Crippen LogP contribution in [0.15, 0.2) is 40.6 Å². The number of ether oxygens (including phenoxy) is 1. The lowest BCUT2D eigenvalue weighted by Crippen LogP contribution is -2.51. The zero-order valence-electron chi connectivity index (χ0n) is 17.4. The Morgan fingerprint density at radius 3 is 2.33 bits per heavy atom. The molecule has 0 aliphatic carbocycles. The van der Waals surface area contributed by atoms with Crippen molar-refractivity contribution in [3.63, 3.8) is 0 Å². The van der Waals surface area contributed by atoms with Crippen LogP contribution in [0.25, 0.3) is 0 Å². The highest BCUT2D eigenvalue weighted by Crippen LogP contribution is 2.26. The normalized spacial score (nSPS) is 20.5. The fourth-order valence-corrected chi connectivity index (χ4v) is 4.67. The fourth-order valence-electron chi connectivity index (χ4n) is 3.44. The average Bonchev–Trinajstić information content (AvgIpc) is 3.09. The van der Waals surface area contributed by atoms with Crippen molar-refractivity contribution >= 4 is 33.4 Å². The van der Waals surface area contributed by atoms with Gasteiger partial charge in [-0.1, -0.05) is 17.7 Å². The Balaban J connectivity index is 1.48. The van der Waals surface area contributed by atoms with Crippen molar-refractivity contribution in [3.05, 3.63) is 40.8 Å². The first-order valence-corrected chi connectivity index (χ1v) is 11.8. The molecule has 2 fully saturated rings. The van der Waals surface area contributed by atoms with Crippen molar-refractivity contribution in [3.8, 4) is 0 Å². The highest BCUT2D eigenvalue weighted by Gasteiger charge is 2.38. The Bertz CT molecular complexity index is 931. The van der Waals surface area contributed by atoms with Crippen LogP contribution in [0, 0.1) is 11.8 Å². The molecule has 30 heavy (non-hydrogen) atoms. The molecule has 2 amide bonds. The third-order valence-electron chi connectivity index (χ3n) is 5.08. The van der Waals surface area contributed by atoms with Crippen LogP contribution in [0.3, 0.4) is 0 Å². The van der Waals surface area contributed by atoms with Gasteiger partial charge in [-0.25, -0.2) is 13.2 Å². The minimum absolute atomic E-state index is 0.000567. The van der Waals surface area contributed by atoms with Crippen LogP contribution in [0.5, 0.6) is 0 Å². The molecule has 9 heteroatoms. The van der Waals surface area contributed by atoms with E-state index in [0.29, 0.717) is 37.6 Å². The third kappa shape index (κ3) is 5.55. The van der Waals surface area contributed by atoms with Crippen LogP contribution in [-0.2, 0) is 19.4 Å². The van der Waals surface area contributed by atoms with E-state index in [2.05, 4.69) is 0 Å². The number of amides is 2. The predicted octanol–water partition coefficient (Wildman–Crippen LogP) is 3.34. The molecule has 1 unspecified atom stereocenters. The van der Waals surface area contributed by atoms with E-state index in [0.717, 1.165) is 0 Å². The monoisotopic (exact) mass is 454 g/mol. The summed E-state index contributed by atoms with van der Waals surface area (Å²) in [5.41, 5.74) is -0.567. The Hall–Kier alpha value is -2.06. The Labute approximate surface area is 182 Å². The summed E-state index contributed by atoms with van der Waals surface area (Å²) < 4.78 is 30.1. The van der Waals surface area contributed by atoms with Gasteiger partial charge in [-0.15, -0.1) is 0 Å². The number of carbonyl (C=O) groups excluding carboxylic acids is 2. The Morgan fingerprint density at radius 2 is 1.73 bits per heavy atom.